The second kappa shape index (κ2) is 6.37. The van der Waals surface area contributed by atoms with Gasteiger partial charge in [0.1, 0.15) is 5.56 Å². The summed E-state index contributed by atoms with van der Waals surface area (Å²) in [5.41, 5.74) is 8.92. The van der Waals surface area contributed by atoms with Gasteiger partial charge in [-0.1, -0.05) is 19.4 Å². The van der Waals surface area contributed by atoms with Gasteiger partial charge in [-0.3, -0.25) is 4.98 Å². The van der Waals surface area contributed by atoms with Gasteiger partial charge in [-0.25, -0.2) is 4.79 Å². The molecule has 2 aromatic rings. The van der Waals surface area contributed by atoms with Gasteiger partial charge < -0.3 is 10.5 Å². The summed E-state index contributed by atoms with van der Waals surface area (Å²) in [6, 6.07) is 6.04. The fourth-order valence-corrected chi connectivity index (χ4v) is 2.17. The zero-order valence-corrected chi connectivity index (χ0v) is 12.0. The Morgan fingerprint density at radius 2 is 2.15 bits per heavy atom. The lowest BCUT2D eigenvalue weighted by atomic mass is 10.0. The highest BCUT2D eigenvalue weighted by Gasteiger charge is 2.14. The lowest BCUT2D eigenvalue weighted by Crippen LogP contribution is -2.09. The number of anilines is 1. The molecule has 1 aromatic heterocycles. The summed E-state index contributed by atoms with van der Waals surface area (Å²) in [5, 5.41) is 0.823. The number of nitrogens with two attached hydrogens (primary N) is 1. The van der Waals surface area contributed by atoms with Gasteiger partial charge in [0.05, 0.1) is 17.8 Å². The molecule has 0 spiro atoms. The van der Waals surface area contributed by atoms with E-state index in [1.807, 2.05) is 12.1 Å². The number of benzene rings is 1. The van der Waals surface area contributed by atoms with E-state index >= 15 is 0 Å². The van der Waals surface area contributed by atoms with E-state index in [-0.39, 0.29) is 0 Å². The first-order valence-electron chi connectivity index (χ1n) is 7.01. The number of esters is 1. The van der Waals surface area contributed by atoms with Crippen LogP contribution in [-0.2, 0) is 11.2 Å². The normalized spacial score (nSPS) is 10.7. The minimum absolute atomic E-state index is 0.326. The lowest BCUT2D eigenvalue weighted by Gasteiger charge is -2.09. The second-order valence-corrected chi connectivity index (χ2v) is 4.76. The standard InChI is InChI=1S/C16H20N2O2/c1-3-5-6-11-7-8-14-12(9-11)15(17)13(10-18-14)16(19)20-4-2/h7-10H,3-6H2,1-2H3,(H2,17,18). The van der Waals surface area contributed by atoms with E-state index in [9.17, 15) is 4.79 Å². The molecule has 0 atom stereocenters. The minimum Gasteiger partial charge on any atom is -0.462 e. The molecule has 106 valence electrons. The van der Waals surface area contributed by atoms with Gasteiger partial charge >= 0.3 is 5.97 Å². The average molecular weight is 272 g/mol. The Morgan fingerprint density at radius 3 is 2.85 bits per heavy atom. The van der Waals surface area contributed by atoms with Crippen LogP contribution in [0.15, 0.2) is 24.4 Å². The van der Waals surface area contributed by atoms with Gasteiger partial charge in [0, 0.05) is 11.6 Å². The van der Waals surface area contributed by atoms with Gasteiger partial charge in [0.15, 0.2) is 0 Å². The summed E-state index contributed by atoms with van der Waals surface area (Å²) < 4.78 is 4.99. The molecular weight excluding hydrogens is 252 g/mol. The Labute approximate surface area is 119 Å². The highest BCUT2D eigenvalue weighted by molar-refractivity contribution is 6.04. The maximum Gasteiger partial charge on any atom is 0.341 e. The number of fused-ring (bicyclic) bond motifs is 1. The molecule has 20 heavy (non-hydrogen) atoms. The van der Waals surface area contributed by atoms with E-state index in [0.29, 0.717) is 17.9 Å². The van der Waals surface area contributed by atoms with Gasteiger partial charge in [-0.2, -0.15) is 0 Å². The number of aromatic nitrogens is 1. The number of carbonyl (C=O) groups is 1. The van der Waals surface area contributed by atoms with Gasteiger partial charge in [0.25, 0.3) is 0 Å². The first kappa shape index (κ1) is 14.3. The molecule has 2 N–H and O–H groups in total. The molecule has 1 aromatic carbocycles. The van der Waals surface area contributed by atoms with Crippen LogP contribution < -0.4 is 5.73 Å². The summed E-state index contributed by atoms with van der Waals surface area (Å²) in [5.74, 6) is -0.418. The number of hydrogen-bond donors (Lipinski definition) is 1. The van der Waals surface area contributed by atoms with Crippen molar-refractivity contribution in [3.05, 3.63) is 35.5 Å². The van der Waals surface area contributed by atoms with E-state index in [2.05, 4.69) is 18.0 Å². The number of hydrogen-bond acceptors (Lipinski definition) is 4. The topological polar surface area (TPSA) is 65.2 Å². The maximum atomic E-state index is 11.8. The van der Waals surface area contributed by atoms with Crippen LogP contribution in [-0.4, -0.2) is 17.6 Å². The zero-order valence-electron chi connectivity index (χ0n) is 12.0. The third-order valence-corrected chi connectivity index (χ3v) is 3.29. The first-order chi connectivity index (χ1) is 9.67. The predicted octanol–water partition coefficient (Wildman–Crippen LogP) is 3.34. The molecule has 0 unspecified atom stereocenters. The molecule has 0 aliphatic heterocycles. The smallest absolute Gasteiger partial charge is 0.341 e. The quantitative estimate of drug-likeness (QED) is 0.848. The summed E-state index contributed by atoms with van der Waals surface area (Å²) in [4.78, 5) is 16.1. The van der Waals surface area contributed by atoms with Crippen LogP contribution in [0, 0.1) is 0 Å². The molecule has 4 heteroatoms. The third kappa shape index (κ3) is 2.90. The minimum atomic E-state index is -0.418. The summed E-state index contributed by atoms with van der Waals surface area (Å²) in [6.07, 6.45) is 4.78. The maximum absolute atomic E-state index is 11.8. The highest BCUT2D eigenvalue weighted by atomic mass is 16.5. The number of ether oxygens (including phenoxy) is 1. The van der Waals surface area contributed by atoms with E-state index in [1.54, 1.807) is 6.92 Å². The molecule has 0 saturated carbocycles. The molecule has 0 aliphatic carbocycles. The Hall–Kier alpha value is -2.10. The molecule has 4 nitrogen and oxygen atoms in total. The van der Waals surface area contributed by atoms with E-state index in [4.69, 9.17) is 10.5 Å². The Bertz CT molecular complexity index is 623. The first-order valence-corrected chi connectivity index (χ1v) is 7.01. The monoisotopic (exact) mass is 272 g/mol. The van der Waals surface area contributed by atoms with Crippen LogP contribution in [0.5, 0.6) is 0 Å². The van der Waals surface area contributed by atoms with Gasteiger partial charge in [-0.15, -0.1) is 0 Å². The predicted molar refractivity (Wildman–Crippen MR) is 80.7 cm³/mol. The summed E-state index contributed by atoms with van der Waals surface area (Å²) in [6.45, 7) is 4.26. The van der Waals surface area contributed by atoms with Crippen molar-refractivity contribution in [2.45, 2.75) is 33.1 Å². The number of pyridine rings is 1. The average Bonchev–Trinajstić information content (AvgIpc) is 2.46. The number of carbonyl (C=O) groups excluding carboxylic acids is 1. The van der Waals surface area contributed by atoms with E-state index < -0.39 is 5.97 Å². The van der Waals surface area contributed by atoms with Crippen LogP contribution in [0.1, 0.15) is 42.6 Å². The highest BCUT2D eigenvalue weighted by Crippen LogP contribution is 2.25. The van der Waals surface area contributed by atoms with Crippen molar-refractivity contribution in [1.82, 2.24) is 4.98 Å². The summed E-state index contributed by atoms with van der Waals surface area (Å²) in [7, 11) is 0. The van der Waals surface area contributed by atoms with Crippen molar-refractivity contribution >= 4 is 22.6 Å². The second-order valence-electron chi connectivity index (χ2n) is 4.76. The van der Waals surface area contributed by atoms with E-state index in [1.165, 1.54) is 11.8 Å². The van der Waals surface area contributed by atoms with Gasteiger partial charge in [0.2, 0.25) is 0 Å². The largest absolute Gasteiger partial charge is 0.462 e. The Balaban J connectivity index is 2.44. The molecule has 1 heterocycles. The molecule has 0 bridgehead atoms. The van der Waals surface area contributed by atoms with Crippen molar-refractivity contribution in [2.75, 3.05) is 12.3 Å². The van der Waals surface area contributed by atoms with Crippen molar-refractivity contribution in [1.29, 1.82) is 0 Å². The SMILES string of the molecule is CCCCc1ccc2ncc(C(=O)OCC)c(N)c2c1. The molecule has 0 radical (unpaired) electrons. The van der Waals surface area contributed by atoms with Crippen LogP contribution in [0.4, 0.5) is 5.69 Å². The van der Waals surface area contributed by atoms with Crippen LogP contribution in [0.2, 0.25) is 0 Å². The Morgan fingerprint density at radius 1 is 1.35 bits per heavy atom. The van der Waals surface area contributed by atoms with Crippen molar-refractivity contribution in [2.24, 2.45) is 0 Å². The number of nitrogens with zero attached hydrogens (tertiary/aromatic N) is 1. The zero-order chi connectivity index (χ0) is 14.5. The number of rotatable bonds is 5. The van der Waals surface area contributed by atoms with Gasteiger partial charge in [-0.05, 0) is 37.5 Å². The Kier molecular flexibility index (Phi) is 4.56. The van der Waals surface area contributed by atoms with Crippen LogP contribution >= 0.6 is 0 Å². The summed E-state index contributed by atoms with van der Waals surface area (Å²) >= 11 is 0. The molecule has 0 fully saturated rings. The van der Waals surface area contributed by atoms with Crippen LogP contribution in [0.3, 0.4) is 0 Å². The number of nitrogen functional groups attached to an aromatic ring is 1. The van der Waals surface area contributed by atoms with E-state index in [0.717, 1.165) is 30.2 Å². The molecular formula is C16H20N2O2. The fraction of sp³-hybridized carbons (Fsp3) is 0.375. The molecule has 0 aliphatic rings. The molecule has 0 saturated heterocycles. The lowest BCUT2D eigenvalue weighted by molar-refractivity contribution is 0.0527. The number of unbranched alkanes of at least 4 members (excludes halogenated alkanes) is 1. The fourth-order valence-electron chi connectivity index (χ4n) is 2.17. The molecule has 2 rings (SSSR count). The van der Waals surface area contributed by atoms with Crippen molar-refractivity contribution < 1.29 is 9.53 Å². The third-order valence-electron chi connectivity index (χ3n) is 3.29. The van der Waals surface area contributed by atoms with Crippen molar-refractivity contribution in [3.8, 4) is 0 Å². The van der Waals surface area contributed by atoms with Crippen LogP contribution in [0.25, 0.3) is 10.9 Å². The number of aryl methyl sites for hydroxylation is 1. The van der Waals surface area contributed by atoms with Crippen molar-refractivity contribution in [3.63, 3.8) is 0 Å². The molecule has 0 amide bonds.